The molecular weight excluding hydrogens is 396 g/mol. The van der Waals surface area contributed by atoms with Crippen molar-refractivity contribution in [2.45, 2.75) is 25.8 Å². The van der Waals surface area contributed by atoms with Crippen molar-refractivity contribution in [3.63, 3.8) is 0 Å². The van der Waals surface area contributed by atoms with Crippen LogP contribution in [0.15, 0.2) is 39.2 Å². The van der Waals surface area contributed by atoms with Crippen LogP contribution in [0, 0.1) is 6.92 Å². The molecule has 3 rings (SSSR count). The van der Waals surface area contributed by atoms with Crippen molar-refractivity contribution in [2.75, 3.05) is 18.6 Å². The van der Waals surface area contributed by atoms with Gasteiger partial charge in [0.1, 0.15) is 6.04 Å². The van der Waals surface area contributed by atoms with Gasteiger partial charge in [-0.25, -0.2) is 14.3 Å². The normalized spacial score (nSPS) is 12.2. The van der Waals surface area contributed by atoms with Gasteiger partial charge in [0.2, 0.25) is 5.91 Å². The van der Waals surface area contributed by atoms with Gasteiger partial charge in [0.15, 0.2) is 0 Å². The van der Waals surface area contributed by atoms with Gasteiger partial charge in [-0.2, -0.15) is 11.8 Å². The van der Waals surface area contributed by atoms with Gasteiger partial charge in [-0.05, 0) is 37.5 Å². The standard InChI is InChI=1S/C19H22N4O3S2/c1-12-11-28-16(21-12)7-9-20-17(24)15(8-10-27-2)23-18(25)13-5-3-4-6-14(13)22-19(23)26/h3-6,11,15H,7-10H2,1-2H3,(H,20,24)(H,22,26)/t15-/m0/s1. The molecule has 3 aromatic rings. The fourth-order valence-electron chi connectivity index (χ4n) is 2.99. The molecule has 0 aliphatic rings. The van der Waals surface area contributed by atoms with Crippen molar-refractivity contribution >= 4 is 39.9 Å². The van der Waals surface area contributed by atoms with Crippen LogP contribution >= 0.6 is 23.1 Å². The number of fused-ring (bicyclic) bond motifs is 1. The maximum absolute atomic E-state index is 12.9. The number of nitrogens with zero attached hydrogens (tertiary/aromatic N) is 2. The van der Waals surface area contributed by atoms with E-state index in [1.54, 1.807) is 47.4 Å². The number of carbonyl (C=O) groups is 1. The fourth-order valence-corrected chi connectivity index (χ4v) is 4.23. The maximum Gasteiger partial charge on any atom is 0.329 e. The zero-order chi connectivity index (χ0) is 20.1. The van der Waals surface area contributed by atoms with Gasteiger partial charge in [0.05, 0.1) is 15.9 Å². The van der Waals surface area contributed by atoms with Gasteiger partial charge in [0.25, 0.3) is 5.56 Å². The lowest BCUT2D eigenvalue weighted by Gasteiger charge is -2.18. The second-order valence-electron chi connectivity index (χ2n) is 6.37. The molecule has 0 radical (unpaired) electrons. The first-order valence-electron chi connectivity index (χ1n) is 8.92. The highest BCUT2D eigenvalue weighted by Crippen LogP contribution is 2.14. The number of aromatic amines is 1. The Bertz CT molecular complexity index is 1090. The molecule has 0 aliphatic heterocycles. The molecule has 2 aromatic heterocycles. The van der Waals surface area contributed by atoms with Gasteiger partial charge < -0.3 is 10.3 Å². The topological polar surface area (TPSA) is 96.8 Å². The van der Waals surface area contributed by atoms with E-state index in [1.165, 1.54) is 0 Å². The average molecular weight is 419 g/mol. The Hall–Kier alpha value is -2.39. The van der Waals surface area contributed by atoms with Crippen LogP contribution in [0.2, 0.25) is 0 Å². The molecule has 1 amide bonds. The predicted octanol–water partition coefficient (Wildman–Crippen LogP) is 2.11. The molecule has 1 atom stereocenters. The fraction of sp³-hybridized carbons (Fsp3) is 0.368. The Balaban J connectivity index is 1.85. The lowest BCUT2D eigenvalue weighted by Crippen LogP contribution is -2.45. The van der Waals surface area contributed by atoms with Gasteiger partial charge >= 0.3 is 5.69 Å². The van der Waals surface area contributed by atoms with Crippen LogP contribution in [0.25, 0.3) is 10.9 Å². The molecule has 148 valence electrons. The van der Waals surface area contributed by atoms with E-state index in [1.807, 2.05) is 18.6 Å². The summed E-state index contributed by atoms with van der Waals surface area (Å²) in [5.74, 6) is 0.327. The molecule has 0 saturated carbocycles. The quantitative estimate of drug-likeness (QED) is 0.584. The summed E-state index contributed by atoms with van der Waals surface area (Å²) in [6, 6.07) is 5.96. The summed E-state index contributed by atoms with van der Waals surface area (Å²) in [5, 5.41) is 6.16. The van der Waals surface area contributed by atoms with E-state index >= 15 is 0 Å². The molecular formula is C19H22N4O3S2. The van der Waals surface area contributed by atoms with Crippen molar-refractivity contribution in [1.82, 2.24) is 19.9 Å². The molecule has 28 heavy (non-hydrogen) atoms. The van der Waals surface area contributed by atoms with E-state index in [4.69, 9.17) is 0 Å². The van der Waals surface area contributed by atoms with Crippen molar-refractivity contribution in [3.05, 3.63) is 61.2 Å². The lowest BCUT2D eigenvalue weighted by atomic mass is 10.2. The SMILES string of the molecule is CSCC[C@@H](C(=O)NCCc1nc(C)cs1)n1c(=O)[nH]c2ccccc2c1=O. The Morgan fingerprint density at radius 3 is 2.86 bits per heavy atom. The highest BCUT2D eigenvalue weighted by Gasteiger charge is 2.24. The number of para-hydroxylation sites is 1. The highest BCUT2D eigenvalue weighted by atomic mass is 32.2. The second kappa shape index (κ2) is 9.20. The van der Waals surface area contributed by atoms with E-state index in [0.717, 1.165) is 15.3 Å². The summed E-state index contributed by atoms with van der Waals surface area (Å²) >= 11 is 3.12. The first kappa shape index (κ1) is 20.3. The smallest absolute Gasteiger partial charge is 0.329 e. The van der Waals surface area contributed by atoms with Crippen LogP contribution in [-0.4, -0.2) is 39.0 Å². The van der Waals surface area contributed by atoms with E-state index in [0.29, 0.717) is 36.0 Å². The van der Waals surface area contributed by atoms with Crippen molar-refractivity contribution in [1.29, 1.82) is 0 Å². The molecule has 2 heterocycles. The molecule has 0 fully saturated rings. The van der Waals surface area contributed by atoms with E-state index < -0.39 is 17.3 Å². The Kier molecular flexibility index (Phi) is 6.69. The first-order valence-corrected chi connectivity index (χ1v) is 11.2. The number of rotatable bonds is 8. The Morgan fingerprint density at radius 1 is 1.36 bits per heavy atom. The summed E-state index contributed by atoms with van der Waals surface area (Å²) in [5.41, 5.74) is 0.409. The largest absolute Gasteiger partial charge is 0.354 e. The molecule has 7 nitrogen and oxygen atoms in total. The number of H-pyrrole nitrogens is 1. The molecule has 0 bridgehead atoms. The first-order chi connectivity index (χ1) is 13.5. The molecule has 1 aromatic carbocycles. The number of thioether (sulfide) groups is 1. The van der Waals surface area contributed by atoms with Crippen molar-refractivity contribution in [2.24, 2.45) is 0 Å². The van der Waals surface area contributed by atoms with Crippen LogP contribution in [-0.2, 0) is 11.2 Å². The lowest BCUT2D eigenvalue weighted by molar-refractivity contribution is -0.124. The van der Waals surface area contributed by atoms with Crippen LogP contribution in [0.1, 0.15) is 23.2 Å². The number of hydrogen-bond donors (Lipinski definition) is 2. The number of amides is 1. The summed E-state index contributed by atoms with van der Waals surface area (Å²) < 4.78 is 1.04. The molecule has 2 N–H and O–H groups in total. The second-order valence-corrected chi connectivity index (χ2v) is 8.30. The predicted molar refractivity (Wildman–Crippen MR) is 114 cm³/mol. The number of aryl methyl sites for hydroxylation is 1. The average Bonchev–Trinajstić information content (AvgIpc) is 3.09. The number of carbonyl (C=O) groups excluding carboxylic acids is 1. The number of benzene rings is 1. The van der Waals surface area contributed by atoms with Crippen LogP contribution in [0.4, 0.5) is 0 Å². The monoisotopic (exact) mass is 418 g/mol. The van der Waals surface area contributed by atoms with Crippen LogP contribution in [0.5, 0.6) is 0 Å². The summed E-state index contributed by atoms with van der Waals surface area (Å²) in [7, 11) is 0. The Labute approximate surface area is 170 Å². The number of nitrogens with one attached hydrogen (secondary N) is 2. The van der Waals surface area contributed by atoms with Crippen molar-refractivity contribution in [3.8, 4) is 0 Å². The Morgan fingerprint density at radius 2 is 2.14 bits per heavy atom. The molecule has 0 spiro atoms. The highest BCUT2D eigenvalue weighted by molar-refractivity contribution is 7.98. The minimum atomic E-state index is -0.855. The third-order valence-electron chi connectivity index (χ3n) is 4.35. The minimum Gasteiger partial charge on any atom is -0.354 e. The molecule has 0 aliphatic carbocycles. The van der Waals surface area contributed by atoms with E-state index in [-0.39, 0.29) is 5.91 Å². The van der Waals surface area contributed by atoms with Gasteiger partial charge in [0, 0.05) is 24.0 Å². The summed E-state index contributed by atoms with van der Waals surface area (Å²) in [4.78, 5) is 45.4. The molecule has 9 heteroatoms. The number of aromatic nitrogens is 3. The van der Waals surface area contributed by atoms with E-state index in [2.05, 4.69) is 15.3 Å². The van der Waals surface area contributed by atoms with Gasteiger partial charge in [-0.3, -0.25) is 9.59 Å². The summed E-state index contributed by atoms with van der Waals surface area (Å²) in [6.07, 6.45) is 2.93. The van der Waals surface area contributed by atoms with Crippen LogP contribution in [0.3, 0.4) is 0 Å². The zero-order valence-electron chi connectivity index (χ0n) is 15.7. The van der Waals surface area contributed by atoms with Gasteiger partial charge in [-0.1, -0.05) is 12.1 Å². The summed E-state index contributed by atoms with van der Waals surface area (Å²) in [6.45, 7) is 2.33. The van der Waals surface area contributed by atoms with E-state index in [9.17, 15) is 14.4 Å². The maximum atomic E-state index is 12.9. The van der Waals surface area contributed by atoms with Gasteiger partial charge in [-0.15, -0.1) is 11.3 Å². The van der Waals surface area contributed by atoms with Crippen molar-refractivity contribution < 1.29 is 4.79 Å². The third kappa shape index (κ3) is 4.53. The molecule has 0 saturated heterocycles. The zero-order valence-corrected chi connectivity index (χ0v) is 17.4. The third-order valence-corrected chi connectivity index (χ3v) is 6.02. The minimum absolute atomic E-state index is 0.329. The van der Waals surface area contributed by atoms with Crippen LogP contribution < -0.4 is 16.6 Å². The number of thiazole rings is 1. The molecule has 0 unspecified atom stereocenters. The number of hydrogen-bond acceptors (Lipinski definition) is 6.